The van der Waals surface area contributed by atoms with Crippen molar-refractivity contribution in [1.29, 1.82) is 0 Å². The summed E-state index contributed by atoms with van der Waals surface area (Å²) in [7, 11) is 0. The molecule has 4 rings (SSSR count). The maximum absolute atomic E-state index is 12.4. The Labute approximate surface area is 140 Å². The standard InChI is InChI=1S/C17H19ClN4O/c18-14-7-5-13(6-8-14)17(12-3-4-12)19-16(23)10-22-9-15(20-21-22)11-1-2-11/h5-9,11-12,17H,1-4,10H2,(H,19,23)/t17-/m0/s1. The molecule has 0 bridgehead atoms. The highest BCUT2D eigenvalue weighted by atomic mass is 35.5. The van der Waals surface area contributed by atoms with E-state index in [9.17, 15) is 4.79 Å². The Kier molecular flexibility index (Phi) is 3.81. The average molecular weight is 331 g/mol. The summed E-state index contributed by atoms with van der Waals surface area (Å²) in [5.41, 5.74) is 2.12. The average Bonchev–Trinajstić information content (AvgIpc) is 3.45. The summed E-state index contributed by atoms with van der Waals surface area (Å²) in [5, 5.41) is 12.1. The van der Waals surface area contributed by atoms with Gasteiger partial charge in [0.15, 0.2) is 0 Å². The molecular formula is C17H19ClN4O. The number of benzene rings is 1. The number of nitrogens with zero attached hydrogens (tertiary/aromatic N) is 3. The van der Waals surface area contributed by atoms with Crippen molar-refractivity contribution in [2.45, 2.75) is 44.2 Å². The molecule has 2 aliphatic carbocycles. The maximum atomic E-state index is 12.4. The molecule has 1 N–H and O–H groups in total. The van der Waals surface area contributed by atoms with E-state index >= 15 is 0 Å². The van der Waals surface area contributed by atoms with Gasteiger partial charge in [-0.1, -0.05) is 28.9 Å². The molecule has 5 nitrogen and oxygen atoms in total. The number of amides is 1. The fourth-order valence-corrected chi connectivity index (χ4v) is 3.02. The van der Waals surface area contributed by atoms with Crippen molar-refractivity contribution in [3.05, 3.63) is 46.7 Å². The van der Waals surface area contributed by atoms with Crippen molar-refractivity contribution < 1.29 is 4.79 Å². The molecule has 2 aromatic rings. The molecule has 0 saturated heterocycles. The van der Waals surface area contributed by atoms with Gasteiger partial charge in [0.1, 0.15) is 6.54 Å². The van der Waals surface area contributed by atoms with Gasteiger partial charge in [0.25, 0.3) is 0 Å². The van der Waals surface area contributed by atoms with Gasteiger partial charge >= 0.3 is 0 Å². The van der Waals surface area contributed by atoms with E-state index in [1.54, 1.807) is 4.68 Å². The smallest absolute Gasteiger partial charge is 0.242 e. The van der Waals surface area contributed by atoms with E-state index in [2.05, 4.69) is 15.6 Å². The second kappa shape index (κ2) is 5.96. The Bertz CT molecular complexity index is 704. The van der Waals surface area contributed by atoms with Crippen LogP contribution in [-0.2, 0) is 11.3 Å². The van der Waals surface area contributed by atoms with E-state index in [0.717, 1.165) is 24.1 Å². The van der Waals surface area contributed by atoms with Gasteiger partial charge in [0.2, 0.25) is 5.91 Å². The second-order valence-electron chi connectivity index (χ2n) is 6.55. The molecule has 1 heterocycles. The Morgan fingerprint density at radius 2 is 2.00 bits per heavy atom. The van der Waals surface area contributed by atoms with E-state index in [0.29, 0.717) is 16.9 Å². The lowest BCUT2D eigenvalue weighted by Crippen LogP contribution is -2.32. The van der Waals surface area contributed by atoms with Crippen molar-refractivity contribution >= 4 is 17.5 Å². The van der Waals surface area contributed by atoms with Gasteiger partial charge in [-0.15, -0.1) is 5.10 Å². The number of hydrogen-bond acceptors (Lipinski definition) is 3. The Hall–Kier alpha value is -1.88. The van der Waals surface area contributed by atoms with Crippen LogP contribution in [0.2, 0.25) is 5.02 Å². The lowest BCUT2D eigenvalue weighted by atomic mass is 10.0. The van der Waals surface area contributed by atoms with Gasteiger partial charge in [-0.05, 0) is 49.3 Å². The molecule has 0 spiro atoms. The summed E-state index contributed by atoms with van der Waals surface area (Å²) >= 11 is 5.95. The first kappa shape index (κ1) is 14.7. The summed E-state index contributed by atoms with van der Waals surface area (Å²) < 4.78 is 1.63. The van der Waals surface area contributed by atoms with E-state index in [1.807, 2.05) is 30.5 Å². The lowest BCUT2D eigenvalue weighted by Gasteiger charge is -2.19. The van der Waals surface area contributed by atoms with Crippen LogP contribution in [0.3, 0.4) is 0 Å². The SMILES string of the molecule is O=C(Cn1cc(C2CC2)nn1)N[C@H](c1ccc(Cl)cc1)C1CC1. The molecule has 1 amide bonds. The highest BCUT2D eigenvalue weighted by Gasteiger charge is 2.33. The van der Waals surface area contributed by atoms with Crippen LogP contribution in [-0.4, -0.2) is 20.9 Å². The van der Waals surface area contributed by atoms with Gasteiger partial charge in [0, 0.05) is 17.1 Å². The molecule has 6 heteroatoms. The third kappa shape index (κ3) is 3.55. The molecule has 1 atom stereocenters. The van der Waals surface area contributed by atoms with E-state index < -0.39 is 0 Å². The largest absolute Gasteiger partial charge is 0.347 e. The predicted octanol–water partition coefficient (Wildman–Crippen LogP) is 3.08. The van der Waals surface area contributed by atoms with Crippen molar-refractivity contribution in [1.82, 2.24) is 20.3 Å². The lowest BCUT2D eigenvalue weighted by molar-refractivity contribution is -0.122. The van der Waals surface area contributed by atoms with Crippen LogP contribution in [0, 0.1) is 5.92 Å². The molecule has 2 aliphatic rings. The van der Waals surface area contributed by atoms with Gasteiger partial charge in [0.05, 0.1) is 11.7 Å². The highest BCUT2D eigenvalue weighted by molar-refractivity contribution is 6.30. The first-order valence-electron chi connectivity index (χ1n) is 8.14. The quantitative estimate of drug-likeness (QED) is 0.885. The molecule has 23 heavy (non-hydrogen) atoms. The molecule has 120 valence electrons. The molecule has 2 fully saturated rings. The normalized spacial score (nSPS) is 18.7. The Morgan fingerprint density at radius 3 is 2.65 bits per heavy atom. The van der Waals surface area contributed by atoms with E-state index in [-0.39, 0.29) is 18.5 Å². The van der Waals surface area contributed by atoms with Gasteiger partial charge in [-0.2, -0.15) is 0 Å². The zero-order valence-electron chi connectivity index (χ0n) is 12.8. The van der Waals surface area contributed by atoms with E-state index in [4.69, 9.17) is 11.6 Å². The molecule has 0 aliphatic heterocycles. The molecule has 2 saturated carbocycles. The van der Waals surface area contributed by atoms with Crippen LogP contribution in [0.5, 0.6) is 0 Å². The maximum Gasteiger partial charge on any atom is 0.242 e. The number of nitrogens with one attached hydrogen (secondary N) is 1. The number of rotatable bonds is 6. The van der Waals surface area contributed by atoms with Crippen LogP contribution in [0.25, 0.3) is 0 Å². The van der Waals surface area contributed by atoms with Crippen LogP contribution < -0.4 is 5.32 Å². The van der Waals surface area contributed by atoms with Crippen molar-refractivity contribution in [3.8, 4) is 0 Å². The van der Waals surface area contributed by atoms with Gasteiger partial charge < -0.3 is 5.32 Å². The summed E-state index contributed by atoms with van der Waals surface area (Å²) in [6.07, 6.45) is 6.58. The number of carbonyl (C=O) groups excluding carboxylic acids is 1. The number of halogens is 1. The van der Waals surface area contributed by atoms with Crippen molar-refractivity contribution in [2.24, 2.45) is 5.92 Å². The molecule has 0 radical (unpaired) electrons. The van der Waals surface area contributed by atoms with Crippen molar-refractivity contribution in [2.75, 3.05) is 0 Å². The van der Waals surface area contributed by atoms with Gasteiger partial charge in [-0.25, -0.2) is 4.68 Å². The molecule has 1 aromatic heterocycles. The summed E-state index contributed by atoms with van der Waals surface area (Å²) in [5.74, 6) is 1.06. The molecule has 0 unspecified atom stereocenters. The molecular weight excluding hydrogens is 312 g/mol. The minimum Gasteiger partial charge on any atom is -0.347 e. The third-order valence-corrected chi connectivity index (χ3v) is 4.75. The minimum absolute atomic E-state index is 0.0240. The fraction of sp³-hybridized carbons (Fsp3) is 0.471. The molecule has 1 aromatic carbocycles. The van der Waals surface area contributed by atoms with Crippen LogP contribution in [0.4, 0.5) is 0 Å². The number of carbonyl (C=O) groups is 1. The fourth-order valence-electron chi connectivity index (χ4n) is 2.90. The monoisotopic (exact) mass is 330 g/mol. The third-order valence-electron chi connectivity index (χ3n) is 4.50. The first-order chi connectivity index (χ1) is 11.2. The Balaban J connectivity index is 1.41. The van der Waals surface area contributed by atoms with Crippen LogP contribution >= 0.6 is 11.6 Å². The number of aromatic nitrogens is 3. The summed E-state index contributed by atoms with van der Waals surface area (Å²) in [6.45, 7) is 0.219. The minimum atomic E-state index is -0.0240. The second-order valence-corrected chi connectivity index (χ2v) is 6.99. The Morgan fingerprint density at radius 1 is 1.26 bits per heavy atom. The highest BCUT2D eigenvalue weighted by Crippen LogP contribution is 2.41. The predicted molar refractivity (Wildman–Crippen MR) is 87.1 cm³/mol. The van der Waals surface area contributed by atoms with Crippen molar-refractivity contribution in [3.63, 3.8) is 0 Å². The summed E-state index contributed by atoms with van der Waals surface area (Å²) in [6, 6.07) is 7.79. The van der Waals surface area contributed by atoms with Crippen LogP contribution in [0.15, 0.2) is 30.5 Å². The zero-order valence-corrected chi connectivity index (χ0v) is 13.5. The topological polar surface area (TPSA) is 59.8 Å². The zero-order chi connectivity index (χ0) is 15.8. The first-order valence-corrected chi connectivity index (χ1v) is 8.52. The van der Waals surface area contributed by atoms with Crippen LogP contribution in [0.1, 0.15) is 48.9 Å². The van der Waals surface area contributed by atoms with Gasteiger partial charge in [-0.3, -0.25) is 4.79 Å². The van der Waals surface area contributed by atoms with E-state index in [1.165, 1.54) is 12.8 Å². The summed E-state index contributed by atoms with van der Waals surface area (Å²) in [4.78, 5) is 12.4. The number of hydrogen-bond donors (Lipinski definition) is 1.